The Bertz CT molecular complexity index is 486. The van der Waals surface area contributed by atoms with Gasteiger partial charge < -0.3 is 0 Å². The summed E-state index contributed by atoms with van der Waals surface area (Å²) in [6, 6.07) is 7.00. The maximum absolute atomic E-state index is 2.42. The minimum Gasteiger partial charge on any atom is -0.0748 e. The van der Waals surface area contributed by atoms with E-state index in [-0.39, 0.29) is 9.52 Å². The monoisotopic (exact) mass is 242 g/mol. The van der Waals surface area contributed by atoms with Crippen molar-refractivity contribution >= 4 is 14.7 Å². The van der Waals surface area contributed by atoms with Gasteiger partial charge in [-0.1, -0.05) is 63.9 Å². The van der Waals surface area contributed by atoms with Crippen LogP contribution in [0.15, 0.2) is 40.6 Å². The van der Waals surface area contributed by atoms with Crippen LogP contribution in [0, 0.1) is 19.8 Å². The van der Waals surface area contributed by atoms with Crippen LogP contribution in [0.5, 0.6) is 0 Å². The van der Waals surface area contributed by atoms with E-state index in [0.717, 1.165) is 0 Å². The van der Waals surface area contributed by atoms with E-state index in [1.807, 2.05) is 0 Å². The van der Waals surface area contributed by atoms with E-state index in [9.17, 15) is 0 Å². The molecule has 0 saturated heterocycles. The third kappa shape index (κ3) is 2.60. The van der Waals surface area contributed by atoms with Gasteiger partial charge in [0.15, 0.2) is 0 Å². The summed E-state index contributed by atoms with van der Waals surface area (Å²) in [4.78, 5) is 0. The van der Waals surface area contributed by atoms with Gasteiger partial charge >= 0.3 is 0 Å². The number of benzene rings is 1. The van der Waals surface area contributed by atoms with Crippen molar-refractivity contribution in [2.24, 2.45) is 5.92 Å². The molecule has 0 fully saturated rings. The van der Waals surface area contributed by atoms with E-state index < -0.39 is 0 Å². The molecule has 90 valence electrons. The first-order valence-electron chi connectivity index (χ1n) is 6.43. The molecule has 17 heavy (non-hydrogen) atoms. The van der Waals surface area contributed by atoms with Crippen LogP contribution in [-0.4, -0.2) is 9.52 Å². The maximum atomic E-state index is 2.42. The molecule has 0 spiro atoms. The Morgan fingerprint density at radius 3 is 2.00 bits per heavy atom. The van der Waals surface area contributed by atoms with Crippen LogP contribution in [0.1, 0.15) is 31.9 Å². The van der Waals surface area contributed by atoms with Crippen LogP contribution in [0.4, 0.5) is 0 Å². The average molecular weight is 242 g/mol. The zero-order chi connectivity index (χ0) is 12.6. The van der Waals surface area contributed by atoms with Gasteiger partial charge in [-0.3, -0.25) is 0 Å². The van der Waals surface area contributed by atoms with E-state index in [2.05, 4.69) is 58.9 Å². The molecule has 0 aliphatic heterocycles. The quantitative estimate of drug-likeness (QED) is 0.700. The first kappa shape index (κ1) is 12.4. The highest BCUT2D eigenvalue weighted by Gasteiger charge is 2.17. The van der Waals surface area contributed by atoms with Gasteiger partial charge in [-0.15, -0.1) is 0 Å². The second-order valence-corrected chi connectivity index (χ2v) is 7.35. The minimum absolute atomic E-state index is 0.293. The first-order valence-corrected chi connectivity index (χ1v) is 7.84. The van der Waals surface area contributed by atoms with Crippen LogP contribution in [-0.2, 0) is 0 Å². The second-order valence-electron chi connectivity index (χ2n) is 5.47. The van der Waals surface area contributed by atoms with Crippen molar-refractivity contribution in [3.05, 3.63) is 51.7 Å². The Hall–Kier alpha value is -1.08. The summed E-state index contributed by atoms with van der Waals surface area (Å²) in [5, 5.41) is 3.27. The predicted molar refractivity (Wildman–Crippen MR) is 79.7 cm³/mol. The predicted octanol–water partition coefficient (Wildman–Crippen LogP) is 2.97. The zero-order valence-corrected chi connectivity index (χ0v) is 13.0. The van der Waals surface area contributed by atoms with Gasteiger partial charge in [0.1, 0.15) is 0 Å². The Balaban J connectivity index is 2.30. The number of hydrogen-bond donors (Lipinski definition) is 0. The van der Waals surface area contributed by atoms with Gasteiger partial charge in [0, 0.05) is 0 Å². The van der Waals surface area contributed by atoms with Crippen LogP contribution >= 0.6 is 0 Å². The summed E-state index contributed by atoms with van der Waals surface area (Å²) in [5.74, 6) is 0.656. The third-order valence-corrected chi connectivity index (χ3v) is 6.08. The summed E-state index contributed by atoms with van der Waals surface area (Å²) in [7, 11) is -0.293. The molecule has 1 unspecified atom stereocenters. The molecular weight excluding hydrogens is 220 g/mol. The van der Waals surface area contributed by atoms with Crippen molar-refractivity contribution in [2.45, 2.75) is 34.6 Å². The van der Waals surface area contributed by atoms with Crippen molar-refractivity contribution in [1.82, 2.24) is 0 Å². The molecule has 0 nitrogen and oxygen atoms in total. The lowest BCUT2D eigenvalue weighted by Gasteiger charge is -2.09. The fourth-order valence-corrected chi connectivity index (χ4v) is 5.09. The Labute approximate surface area is 107 Å². The molecule has 0 bridgehead atoms. The highest BCUT2D eigenvalue weighted by molar-refractivity contribution is 6.62. The SMILES string of the molecule is CC1=CC(C)C(C)=C1[SiH2]c1cc(C)cc(C)c1. The number of rotatable bonds is 2. The van der Waals surface area contributed by atoms with Crippen LogP contribution in [0.25, 0.3) is 0 Å². The summed E-state index contributed by atoms with van der Waals surface area (Å²) >= 11 is 0. The summed E-state index contributed by atoms with van der Waals surface area (Å²) < 4.78 is 0. The second kappa shape index (κ2) is 4.65. The standard InChI is InChI=1S/C16H22Si/c1-10-6-11(2)8-15(7-10)17-16-13(4)9-12(3)14(16)5/h6-9,12H,17H2,1-5H3. The molecule has 1 atom stereocenters. The van der Waals surface area contributed by atoms with E-state index in [0.29, 0.717) is 5.92 Å². The van der Waals surface area contributed by atoms with E-state index >= 15 is 0 Å². The van der Waals surface area contributed by atoms with Crippen molar-refractivity contribution in [3.63, 3.8) is 0 Å². The lowest BCUT2D eigenvalue weighted by atomic mass is 10.1. The maximum Gasteiger partial charge on any atom is 0.0878 e. The molecular formula is C16H22Si. The lowest BCUT2D eigenvalue weighted by Crippen LogP contribution is -2.18. The molecule has 1 aromatic rings. The molecule has 0 saturated carbocycles. The molecule has 1 aromatic carbocycles. The highest BCUT2D eigenvalue weighted by Crippen LogP contribution is 2.29. The molecule has 0 amide bonds. The Morgan fingerprint density at radius 1 is 0.941 bits per heavy atom. The van der Waals surface area contributed by atoms with Crippen LogP contribution in [0.2, 0.25) is 0 Å². The van der Waals surface area contributed by atoms with Crippen LogP contribution < -0.4 is 5.19 Å². The third-order valence-electron chi connectivity index (χ3n) is 3.80. The molecule has 0 radical (unpaired) electrons. The van der Waals surface area contributed by atoms with E-state index in [1.54, 1.807) is 16.0 Å². The minimum atomic E-state index is -0.293. The van der Waals surface area contributed by atoms with E-state index in [1.165, 1.54) is 16.7 Å². The summed E-state index contributed by atoms with van der Waals surface area (Å²) in [5.41, 5.74) is 5.94. The van der Waals surface area contributed by atoms with Crippen molar-refractivity contribution in [1.29, 1.82) is 0 Å². The van der Waals surface area contributed by atoms with Crippen LogP contribution in [0.3, 0.4) is 0 Å². The van der Waals surface area contributed by atoms with Gasteiger partial charge in [0.05, 0.1) is 9.52 Å². The molecule has 0 N–H and O–H groups in total. The van der Waals surface area contributed by atoms with E-state index in [4.69, 9.17) is 0 Å². The lowest BCUT2D eigenvalue weighted by molar-refractivity contribution is 0.879. The fourth-order valence-electron chi connectivity index (χ4n) is 2.84. The smallest absolute Gasteiger partial charge is 0.0748 e. The number of aryl methyl sites for hydroxylation is 2. The van der Waals surface area contributed by atoms with Gasteiger partial charge in [-0.2, -0.15) is 0 Å². The fraction of sp³-hybridized carbons (Fsp3) is 0.375. The molecule has 2 rings (SSSR count). The summed E-state index contributed by atoms with van der Waals surface area (Å²) in [6.07, 6.45) is 2.42. The molecule has 1 aliphatic rings. The topological polar surface area (TPSA) is 0 Å². The molecule has 0 aromatic heterocycles. The highest BCUT2D eigenvalue weighted by atomic mass is 28.2. The average Bonchev–Trinajstić information content (AvgIpc) is 2.44. The van der Waals surface area contributed by atoms with Crippen molar-refractivity contribution in [3.8, 4) is 0 Å². The number of allylic oxidation sites excluding steroid dienone is 4. The number of hydrogen-bond acceptors (Lipinski definition) is 0. The molecule has 1 heteroatoms. The van der Waals surface area contributed by atoms with Gasteiger partial charge in [0.2, 0.25) is 0 Å². The Kier molecular flexibility index (Phi) is 3.39. The largest absolute Gasteiger partial charge is 0.0878 e. The van der Waals surface area contributed by atoms with Gasteiger partial charge in [0.25, 0.3) is 0 Å². The molecule has 1 aliphatic carbocycles. The van der Waals surface area contributed by atoms with Gasteiger partial charge in [-0.25, -0.2) is 0 Å². The zero-order valence-electron chi connectivity index (χ0n) is 11.6. The summed E-state index contributed by atoms with van der Waals surface area (Å²) in [6.45, 7) is 11.3. The normalized spacial score (nSPS) is 20.5. The van der Waals surface area contributed by atoms with Crippen molar-refractivity contribution < 1.29 is 0 Å². The Morgan fingerprint density at radius 2 is 1.53 bits per heavy atom. The van der Waals surface area contributed by atoms with Crippen molar-refractivity contribution in [2.75, 3.05) is 0 Å². The first-order chi connectivity index (χ1) is 7.97. The molecule has 0 heterocycles. The van der Waals surface area contributed by atoms with Gasteiger partial charge in [-0.05, 0) is 33.6 Å².